The molecule has 0 spiro atoms. The van der Waals surface area contributed by atoms with Crippen LogP contribution in [0.5, 0.6) is 0 Å². The van der Waals surface area contributed by atoms with E-state index in [2.05, 4.69) is 4.72 Å². The van der Waals surface area contributed by atoms with Crippen LogP contribution in [0.25, 0.3) is 0 Å². The van der Waals surface area contributed by atoms with E-state index in [0.29, 0.717) is 6.42 Å². The molecule has 2 rings (SSSR count). The van der Waals surface area contributed by atoms with Gasteiger partial charge in [0, 0.05) is 18.7 Å². The molecule has 0 aliphatic heterocycles. The molecule has 1 aliphatic rings. The van der Waals surface area contributed by atoms with Gasteiger partial charge in [-0.1, -0.05) is 0 Å². The lowest BCUT2D eigenvalue weighted by molar-refractivity contribution is 0.0916. The summed E-state index contributed by atoms with van der Waals surface area (Å²) in [6.45, 7) is -0.542. The van der Waals surface area contributed by atoms with Crippen molar-refractivity contribution < 1.29 is 22.7 Å². The van der Waals surface area contributed by atoms with Crippen molar-refractivity contribution in [2.45, 2.75) is 42.9 Å². The summed E-state index contributed by atoms with van der Waals surface area (Å²) in [7, 11) is -2.19. The molecule has 1 saturated carbocycles. The van der Waals surface area contributed by atoms with Crippen LogP contribution in [-0.4, -0.2) is 32.8 Å². The van der Waals surface area contributed by atoms with Gasteiger partial charge in [0.25, 0.3) is 0 Å². The SMILES string of the molecule is COC1CCCC1NS(=O)(=O)c1ccc(F)c(CO)c1. The van der Waals surface area contributed by atoms with E-state index >= 15 is 0 Å². The average Bonchev–Trinajstić information content (AvgIpc) is 2.85. The van der Waals surface area contributed by atoms with E-state index in [4.69, 9.17) is 9.84 Å². The molecule has 0 amide bonds. The largest absolute Gasteiger partial charge is 0.392 e. The number of benzene rings is 1. The first-order chi connectivity index (χ1) is 9.47. The number of methoxy groups -OCH3 is 1. The molecule has 2 unspecified atom stereocenters. The van der Waals surface area contributed by atoms with Crippen LogP contribution in [0.15, 0.2) is 23.1 Å². The number of halogens is 1. The summed E-state index contributed by atoms with van der Waals surface area (Å²) < 4.78 is 45.6. The molecule has 112 valence electrons. The average molecular weight is 303 g/mol. The van der Waals surface area contributed by atoms with E-state index in [0.717, 1.165) is 25.0 Å². The van der Waals surface area contributed by atoms with Crippen molar-refractivity contribution in [1.29, 1.82) is 0 Å². The van der Waals surface area contributed by atoms with Crippen LogP contribution in [0.2, 0.25) is 0 Å². The van der Waals surface area contributed by atoms with Gasteiger partial charge in [-0.05, 0) is 37.5 Å². The summed E-state index contributed by atoms with van der Waals surface area (Å²) in [6.07, 6.45) is 2.29. The fourth-order valence-electron chi connectivity index (χ4n) is 2.45. The summed E-state index contributed by atoms with van der Waals surface area (Å²) in [6, 6.07) is 3.11. The quantitative estimate of drug-likeness (QED) is 0.856. The fourth-order valence-corrected chi connectivity index (χ4v) is 3.80. The third kappa shape index (κ3) is 3.17. The molecule has 20 heavy (non-hydrogen) atoms. The summed E-state index contributed by atoms with van der Waals surface area (Å²) in [4.78, 5) is -0.0512. The molecule has 1 aliphatic carbocycles. The second kappa shape index (κ2) is 6.17. The Bertz CT molecular complexity index is 576. The maximum Gasteiger partial charge on any atom is 0.240 e. The first kappa shape index (κ1) is 15.4. The number of hydrogen-bond acceptors (Lipinski definition) is 4. The fraction of sp³-hybridized carbons (Fsp3) is 0.538. The monoisotopic (exact) mass is 303 g/mol. The summed E-state index contributed by atoms with van der Waals surface area (Å²) >= 11 is 0. The Kier molecular flexibility index (Phi) is 4.74. The van der Waals surface area contributed by atoms with Crippen molar-refractivity contribution in [2.75, 3.05) is 7.11 Å². The Morgan fingerprint density at radius 3 is 2.85 bits per heavy atom. The molecule has 0 radical (unpaired) electrons. The van der Waals surface area contributed by atoms with Crippen molar-refractivity contribution in [3.05, 3.63) is 29.6 Å². The molecule has 1 aromatic carbocycles. The van der Waals surface area contributed by atoms with Gasteiger partial charge in [0.2, 0.25) is 10.0 Å². The van der Waals surface area contributed by atoms with Crippen LogP contribution in [-0.2, 0) is 21.4 Å². The number of sulfonamides is 1. The second-order valence-electron chi connectivity index (χ2n) is 4.84. The zero-order valence-electron chi connectivity index (χ0n) is 11.2. The number of rotatable bonds is 5. The van der Waals surface area contributed by atoms with Crippen LogP contribution in [0.3, 0.4) is 0 Å². The smallest absolute Gasteiger partial charge is 0.240 e. The van der Waals surface area contributed by atoms with Gasteiger partial charge >= 0.3 is 0 Å². The Balaban J connectivity index is 2.22. The maximum atomic E-state index is 13.3. The molecule has 0 heterocycles. The van der Waals surface area contributed by atoms with Crippen molar-refractivity contribution in [2.24, 2.45) is 0 Å². The highest BCUT2D eigenvalue weighted by atomic mass is 32.2. The highest BCUT2D eigenvalue weighted by Gasteiger charge is 2.31. The number of hydrogen-bond donors (Lipinski definition) is 2. The van der Waals surface area contributed by atoms with Gasteiger partial charge in [-0.15, -0.1) is 0 Å². The number of ether oxygens (including phenoxy) is 1. The van der Waals surface area contributed by atoms with Crippen LogP contribution in [0.4, 0.5) is 4.39 Å². The first-order valence-electron chi connectivity index (χ1n) is 6.42. The molecule has 5 nitrogen and oxygen atoms in total. The zero-order valence-corrected chi connectivity index (χ0v) is 12.0. The van der Waals surface area contributed by atoms with E-state index < -0.39 is 22.4 Å². The topological polar surface area (TPSA) is 75.6 Å². The lowest BCUT2D eigenvalue weighted by Gasteiger charge is -2.19. The maximum absolute atomic E-state index is 13.3. The van der Waals surface area contributed by atoms with Gasteiger partial charge in [0.15, 0.2) is 0 Å². The number of nitrogens with one attached hydrogen (secondary N) is 1. The molecule has 0 aromatic heterocycles. The number of aliphatic hydroxyl groups excluding tert-OH is 1. The van der Waals surface area contributed by atoms with Crippen LogP contribution in [0.1, 0.15) is 24.8 Å². The minimum Gasteiger partial charge on any atom is -0.392 e. The lowest BCUT2D eigenvalue weighted by atomic mass is 10.2. The number of aliphatic hydroxyl groups is 1. The minimum atomic E-state index is -3.74. The van der Waals surface area contributed by atoms with E-state index in [1.807, 2.05) is 0 Å². The molecule has 0 saturated heterocycles. The molecule has 0 bridgehead atoms. The Morgan fingerprint density at radius 1 is 1.45 bits per heavy atom. The predicted molar refractivity (Wildman–Crippen MR) is 71.1 cm³/mol. The van der Waals surface area contributed by atoms with Gasteiger partial charge in [-0.25, -0.2) is 17.5 Å². The van der Waals surface area contributed by atoms with E-state index in [1.165, 1.54) is 6.07 Å². The standard InChI is InChI=1S/C13H18FNO4S/c1-19-13-4-2-3-12(13)15-20(17,18)10-5-6-11(14)9(7-10)8-16/h5-7,12-13,15-16H,2-4,8H2,1H3. The lowest BCUT2D eigenvalue weighted by Crippen LogP contribution is -2.40. The Hall–Kier alpha value is -1.02. The third-order valence-corrected chi connectivity index (χ3v) is 5.05. The van der Waals surface area contributed by atoms with Gasteiger partial charge in [0.05, 0.1) is 17.6 Å². The minimum absolute atomic E-state index is 0.0393. The van der Waals surface area contributed by atoms with E-state index in [1.54, 1.807) is 7.11 Å². The van der Waals surface area contributed by atoms with Gasteiger partial charge in [-0.3, -0.25) is 0 Å². The first-order valence-corrected chi connectivity index (χ1v) is 7.90. The molecule has 1 aromatic rings. The van der Waals surface area contributed by atoms with Gasteiger partial charge < -0.3 is 9.84 Å². The second-order valence-corrected chi connectivity index (χ2v) is 6.56. The Labute approximate surface area is 117 Å². The summed E-state index contributed by atoms with van der Waals surface area (Å²) in [5.41, 5.74) is -0.0393. The molecule has 1 fully saturated rings. The van der Waals surface area contributed by atoms with Crippen molar-refractivity contribution in [1.82, 2.24) is 4.72 Å². The van der Waals surface area contributed by atoms with Gasteiger partial charge in [0.1, 0.15) is 5.82 Å². The normalized spacial score (nSPS) is 23.1. The van der Waals surface area contributed by atoms with Crippen molar-refractivity contribution in [3.8, 4) is 0 Å². The molecule has 2 N–H and O–H groups in total. The molecule has 2 atom stereocenters. The molecular weight excluding hydrogens is 285 g/mol. The third-order valence-electron chi connectivity index (χ3n) is 3.56. The highest BCUT2D eigenvalue weighted by molar-refractivity contribution is 7.89. The summed E-state index contributed by atoms with van der Waals surface area (Å²) in [5, 5.41) is 9.00. The van der Waals surface area contributed by atoms with Crippen LogP contribution in [0, 0.1) is 5.82 Å². The highest BCUT2D eigenvalue weighted by Crippen LogP contribution is 2.24. The van der Waals surface area contributed by atoms with Crippen molar-refractivity contribution >= 4 is 10.0 Å². The predicted octanol–water partition coefficient (Wildman–Crippen LogP) is 1.16. The van der Waals surface area contributed by atoms with Gasteiger partial charge in [-0.2, -0.15) is 0 Å². The summed E-state index contributed by atoms with van der Waals surface area (Å²) in [5.74, 6) is -0.623. The zero-order chi connectivity index (χ0) is 14.8. The molecular formula is C13H18FNO4S. The van der Waals surface area contributed by atoms with Crippen LogP contribution < -0.4 is 4.72 Å². The van der Waals surface area contributed by atoms with E-state index in [9.17, 15) is 12.8 Å². The Morgan fingerprint density at radius 2 is 2.20 bits per heavy atom. The van der Waals surface area contributed by atoms with Crippen LogP contribution >= 0.6 is 0 Å². The van der Waals surface area contributed by atoms with E-state index in [-0.39, 0.29) is 22.6 Å². The molecule has 7 heteroatoms. The van der Waals surface area contributed by atoms with Crippen molar-refractivity contribution in [3.63, 3.8) is 0 Å².